The summed E-state index contributed by atoms with van der Waals surface area (Å²) in [6.45, 7) is 4.20. The van der Waals surface area contributed by atoms with E-state index >= 15 is 0 Å². The standard InChI is InChI=1S/C31H40N3O3S/c1-5-7-16-31(17-8-6-2)22-38(36,37)28-13-12-26(34(3)4)21-27(28)29(30(31)35)23-10-9-11-25(20-23)33-24-14-18-32-19-15-24/h9-15,18-21,29-30H,5-8,16-17,22H2,1-4H3,(H,32,33)/q-1/p+1/t29-,30-/m1/s1. The van der Waals surface area contributed by atoms with Gasteiger partial charge in [0.05, 0.1) is 16.3 Å². The van der Waals surface area contributed by atoms with Crippen LogP contribution < -0.4 is 20.3 Å². The van der Waals surface area contributed by atoms with Gasteiger partial charge in [0.15, 0.2) is 22.2 Å². The van der Waals surface area contributed by atoms with E-state index in [1.54, 1.807) is 6.07 Å². The van der Waals surface area contributed by atoms with E-state index in [-0.39, 0.29) is 5.75 Å². The average molecular weight is 536 g/mol. The van der Waals surface area contributed by atoms with Gasteiger partial charge in [-0.3, -0.25) is 0 Å². The number of nitrogens with one attached hydrogen (secondary N) is 2. The number of sulfone groups is 1. The van der Waals surface area contributed by atoms with Gasteiger partial charge in [0.2, 0.25) is 0 Å². The number of hydrogen-bond donors (Lipinski definition) is 1. The van der Waals surface area contributed by atoms with Gasteiger partial charge in [-0.05, 0) is 65.6 Å². The van der Waals surface area contributed by atoms with Crippen molar-refractivity contribution in [2.45, 2.75) is 69.3 Å². The summed E-state index contributed by atoms with van der Waals surface area (Å²) in [4.78, 5) is 5.29. The van der Waals surface area contributed by atoms with E-state index in [1.165, 1.54) is 0 Å². The number of aromatic nitrogens is 1. The first-order chi connectivity index (χ1) is 18.2. The summed E-state index contributed by atoms with van der Waals surface area (Å²) in [5.41, 5.74) is 3.33. The quantitative estimate of drug-likeness (QED) is 0.379. The van der Waals surface area contributed by atoms with Crippen LogP contribution in [0.2, 0.25) is 0 Å². The molecule has 0 amide bonds. The Labute approximate surface area is 228 Å². The van der Waals surface area contributed by atoms with E-state index in [0.29, 0.717) is 23.3 Å². The Hall–Kier alpha value is -2.90. The first kappa shape index (κ1) is 28.1. The molecule has 2 aromatic carbocycles. The van der Waals surface area contributed by atoms with Crippen LogP contribution in [0.25, 0.3) is 0 Å². The van der Waals surface area contributed by atoms with Crippen LogP contribution >= 0.6 is 0 Å². The highest BCUT2D eigenvalue weighted by molar-refractivity contribution is 7.91. The molecule has 0 spiro atoms. The van der Waals surface area contributed by atoms with Gasteiger partial charge in [-0.2, -0.15) is 0 Å². The Kier molecular flexibility index (Phi) is 8.78. The topological polar surface area (TPSA) is 86.6 Å². The number of pyridine rings is 1. The first-order valence-electron chi connectivity index (χ1n) is 13.7. The third kappa shape index (κ3) is 5.89. The maximum Gasteiger partial charge on any atom is 0.179 e. The highest BCUT2D eigenvalue weighted by Gasteiger charge is 2.45. The van der Waals surface area contributed by atoms with Crippen molar-refractivity contribution in [3.8, 4) is 0 Å². The third-order valence-electron chi connectivity index (χ3n) is 7.87. The molecule has 0 saturated heterocycles. The van der Waals surface area contributed by atoms with E-state index in [2.05, 4.69) is 24.1 Å². The number of fused-ring (bicyclic) bond motifs is 1. The lowest BCUT2D eigenvalue weighted by Gasteiger charge is -2.48. The lowest BCUT2D eigenvalue weighted by atomic mass is 9.68. The van der Waals surface area contributed by atoms with Crippen molar-refractivity contribution in [3.63, 3.8) is 0 Å². The van der Waals surface area contributed by atoms with E-state index in [4.69, 9.17) is 0 Å². The number of unbranched alkanes of at least 4 members (excludes halogenated alkanes) is 2. The number of benzene rings is 2. The van der Waals surface area contributed by atoms with Gasteiger partial charge in [-0.25, -0.2) is 13.4 Å². The third-order valence-corrected chi connectivity index (χ3v) is 9.87. The average Bonchev–Trinajstić information content (AvgIpc) is 2.97. The van der Waals surface area contributed by atoms with Crippen molar-refractivity contribution in [3.05, 3.63) is 78.1 Å². The van der Waals surface area contributed by atoms with E-state index < -0.39 is 27.3 Å². The Morgan fingerprint density at radius 1 is 0.974 bits per heavy atom. The second-order valence-electron chi connectivity index (χ2n) is 10.9. The zero-order chi connectivity index (χ0) is 27.3. The zero-order valence-electron chi connectivity index (χ0n) is 23.0. The van der Waals surface area contributed by atoms with E-state index in [9.17, 15) is 13.5 Å². The van der Waals surface area contributed by atoms with Crippen molar-refractivity contribution in [1.29, 1.82) is 0 Å². The molecule has 2 N–H and O–H groups in total. The molecule has 2 atom stereocenters. The van der Waals surface area contributed by atoms with Gasteiger partial charge in [0.1, 0.15) is 0 Å². The molecule has 1 aromatic heterocycles. The molecule has 1 aliphatic rings. The van der Waals surface area contributed by atoms with Gasteiger partial charge in [-0.1, -0.05) is 51.7 Å². The summed E-state index contributed by atoms with van der Waals surface area (Å²) in [6.07, 6.45) is 7.41. The molecule has 4 rings (SSSR count). The van der Waals surface area contributed by atoms with Crippen LogP contribution in [-0.2, 0) is 9.84 Å². The second kappa shape index (κ2) is 11.9. The number of aromatic amines is 1. The SMILES string of the molecule is CCCCC1(CCCC)CS(=O)(=O)c2ccc(N(C)C)cc2[C@@H](c2cccc(Nc3cc[nH+]cc3)c2)[C@H]1[O-]. The molecule has 6 nitrogen and oxygen atoms in total. The van der Waals surface area contributed by atoms with Crippen molar-refractivity contribution < 1.29 is 18.5 Å². The fourth-order valence-electron chi connectivity index (χ4n) is 5.81. The van der Waals surface area contributed by atoms with Crippen molar-refractivity contribution in [2.24, 2.45) is 5.41 Å². The van der Waals surface area contributed by atoms with Gasteiger partial charge in [-0.15, -0.1) is 6.10 Å². The second-order valence-corrected chi connectivity index (χ2v) is 12.8. The summed E-state index contributed by atoms with van der Waals surface area (Å²) in [5.74, 6) is -0.668. The highest BCUT2D eigenvalue weighted by atomic mass is 32.2. The molecule has 3 aromatic rings. The van der Waals surface area contributed by atoms with Crippen molar-refractivity contribution in [1.82, 2.24) is 0 Å². The van der Waals surface area contributed by atoms with Crippen LogP contribution in [0.15, 0.2) is 71.9 Å². The van der Waals surface area contributed by atoms with Gasteiger partial charge >= 0.3 is 0 Å². The predicted octanol–water partition coefficient (Wildman–Crippen LogP) is 5.33. The van der Waals surface area contributed by atoms with Crippen LogP contribution in [0.5, 0.6) is 0 Å². The molecular weight excluding hydrogens is 494 g/mol. The summed E-state index contributed by atoms with van der Waals surface area (Å²) in [6, 6.07) is 17.3. The Balaban J connectivity index is 1.92. The van der Waals surface area contributed by atoms with E-state index in [1.807, 2.05) is 79.9 Å². The number of nitrogens with zero attached hydrogens (tertiary/aromatic N) is 1. The van der Waals surface area contributed by atoms with Crippen molar-refractivity contribution in [2.75, 3.05) is 30.1 Å². The largest absolute Gasteiger partial charge is 0.851 e. The maximum absolute atomic E-state index is 14.9. The minimum Gasteiger partial charge on any atom is -0.851 e. The molecular formula is C31H41N3O3S. The van der Waals surface area contributed by atoms with E-state index in [0.717, 1.165) is 48.3 Å². The monoisotopic (exact) mass is 535 g/mol. The molecule has 2 heterocycles. The molecule has 0 aliphatic carbocycles. The minimum absolute atomic E-state index is 0.0859. The summed E-state index contributed by atoms with van der Waals surface area (Å²) < 4.78 is 28.0. The van der Waals surface area contributed by atoms with Crippen LogP contribution in [0, 0.1) is 5.41 Å². The summed E-state index contributed by atoms with van der Waals surface area (Å²) in [5, 5.41) is 18.3. The first-order valence-corrected chi connectivity index (χ1v) is 15.4. The zero-order valence-corrected chi connectivity index (χ0v) is 23.9. The van der Waals surface area contributed by atoms with Gasteiger partial charge in [0.25, 0.3) is 0 Å². The van der Waals surface area contributed by atoms with Gasteiger partial charge in [0, 0.05) is 37.6 Å². The molecule has 0 fully saturated rings. The number of H-pyrrole nitrogens is 1. The molecule has 204 valence electrons. The van der Waals surface area contributed by atoms with Crippen molar-refractivity contribution >= 4 is 26.9 Å². The van der Waals surface area contributed by atoms with Gasteiger partial charge < -0.3 is 15.3 Å². The number of rotatable bonds is 10. The highest BCUT2D eigenvalue weighted by Crippen LogP contribution is 2.49. The van der Waals surface area contributed by atoms with Crippen LogP contribution in [-0.4, -0.2) is 34.4 Å². The Bertz CT molecular complexity index is 1320. The Morgan fingerprint density at radius 2 is 1.66 bits per heavy atom. The van der Waals surface area contributed by atoms with Crippen LogP contribution in [0.4, 0.5) is 17.1 Å². The van der Waals surface area contributed by atoms with Crippen LogP contribution in [0.1, 0.15) is 69.4 Å². The smallest absolute Gasteiger partial charge is 0.179 e. The molecule has 0 saturated carbocycles. The maximum atomic E-state index is 14.9. The lowest BCUT2D eigenvalue weighted by molar-refractivity contribution is -0.451. The molecule has 0 unspecified atom stereocenters. The minimum atomic E-state index is -3.66. The fourth-order valence-corrected chi connectivity index (χ4v) is 7.99. The molecule has 7 heteroatoms. The molecule has 0 radical (unpaired) electrons. The Morgan fingerprint density at radius 3 is 2.29 bits per heavy atom. The molecule has 38 heavy (non-hydrogen) atoms. The fraction of sp³-hybridized carbons (Fsp3) is 0.452. The molecule has 1 aliphatic heterocycles. The number of anilines is 3. The summed E-state index contributed by atoms with van der Waals surface area (Å²) >= 11 is 0. The normalized spacial score (nSPS) is 19.8. The number of hydrogen-bond acceptors (Lipinski definition) is 5. The van der Waals surface area contributed by atoms with Crippen LogP contribution in [0.3, 0.4) is 0 Å². The lowest BCUT2D eigenvalue weighted by Crippen LogP contribution is -2.50. The summed E-state index contributed by atoms with van der Waals surface area (Å²) in [7, 11) is 0.212. The predicted molar refractivity (Wildman–Crippen MR) is 153 cm³/mol. The molecule has 0 bridgehead atoms.